The molecule has 0 saturated carbocycles. The van der Waals surface area contributed by atoms with E-state index in [-0.39, 0.29) is 5.91 Å². The SMILES string of the molecule is CN1CCCC(CNC(=O)C(N)CCc2ccccc2)C1. The van der Waals surface area contributed by atoms with Crippen LogP contribution in [0.4, 0.5) is 0 Å². The normalized spacial score (nSPS) is 21.0. The lowest BCUT2D eigenvalue weighted by Gasteiger charge is -2.30. The number of nitrogens with two attached hydrogens (primary N) is 1. The maximum Gasteiger partial charge on any atom is 0.236 e. The van der Waals surface area contributed by atoms with Crippen LogP contribution >= 0.6 is 0 Å². The lowest BCUT2D eigenvalue weighted by Crippen LogP contribution is -2.45. The number of nitrogens with zero attached hydrogens (tertiary/aromatic N) is 1. The molecule has 1 fully saturated rings. The second-order valence-electron chi connectivity index (χ2n) is 6.15. The van der Waals surface area contributed by atoms with E-state index in [1.54, 1.807) is 0 Å². The summed E-state index contributed by atoms with van der Waals surface area (Å²) in [5.41, 5.74) is 7.22. The lowest BCUT2D eigenvalue weighted by atomic mass is 9.98. The number of benzene rings is 1. The van der Waals surface area contributed by atoms with Gasteiger partial charge in [0.1, 0.15) is 0 Å². The van der Waals surface area contributed by atoms with Gasteiger partial charge in [-0.05, 0) is 50.8 Å². The van der Waals surface area contributed by atoms with Crippen molar-refractivity contribution in [3.05, 3.63) is 35.9 Å². The van der Waals surface area contributed by atoms with Gasteiger partial charge in [-0.25, -0.2) is 0 Å². The zero-order valence-corrected chi connectivity index (χ0v) is 12.9. The van der Waals surface area contributed by atoms with E-state index in [0.29, 0.717) is 12.3 Å². The summed E-state index contributed by atoms with van der Waals surface area (Å²) in [4.78, 5) is 14.4. The quantitative estimate of drug-likeness (QED) is 0.832. The molecule has 3 N–H and O–H groups in total. The molecule has 2 rings (SSSR count). The molecule has 4 nitrogen and oxygen atoms in total. The number of hydrogen-bond donors (Lipinski definition) is 2. The standard InChI is InChI=1S/C17H27N3O/c1-20-11-5-8-15(13-20)12-19-17(21)16(18)10-9-14-6-3-2-4-7-14/h2-4,6-7,15-16H,5,8-13,18H2,1H3,(H,19,21). The molecule has 4 heteroatoms. The van der Waals surface area contributed by atoms with E-state index < -0.39 is 6.04 Å². The van der Waals surface area contributed by atoms with E-state index in [1.165, 1.54) is 24.9 Å². The third-order valence-electron chi connectivity index (χ3n) is 4.21. The first kappa shape index (κ1) is 16.0. The molecule has 1 heterocycles. The van der Waals surface area contributed by atoms with Gasteiger partial charge in [-0.3, -0.25) is 4.79 Å². The molecule has 1 amide bonds. The Morgan fingerprint density at radius 3 is 2.90 bits per heavy atom. The van der Waals surface area contributed by atoms with Gasteiger partial charge >= 0.3 is 0 Å². The summed E-state index contributed by atoms with van der Waals surface area (Å²) in [6.45, 7) is 2.99. The summed E-state index contributed by atoms with van der Waals surface area (Å²) in [5.74, 6) is 0.549. The molecule has 0 bridgehead atoms. The Kier molecular flexibility index (Phi) is 6.21. The van der Waals surface area contributed by atoms with Gasteiger partial charge in [-0.2, -0.15) is 0 Å². The van der Waals surface area contributed by atoms with Gasteiger partial charge in [0.25, 0.3) is 0 Å². The van der Waals surface area contributed by atoms with Crippen LogP contribution in [0.1, 0.15) is 24.8 Å². The van der Waals surface area contributed by atoms with Gasteiger partial charge < -0.3 is 16.0 Å². The average molecular weight is 289 g/mol. The van der Waals surface area contributed by atoms with Crippen LogP contribution < -0.4 is 11.1 Å². The number of nitrogens with one attached hydrogen (secondary N) is 1. The first-order valence-corrected chi connectivity index (χ1v) is 7.91. The van der Waals surface area contributed by atoms with Gasteiger partial charge in [0, 0.05) is 13.1 Å². The van der Waals surface area contributed by atoms with Crippen molar-refractivity contribution in [1.29, 1.82) is 0 Å². The van der Waals surface area contributed by atoms with Crippen molar-refractivity contribution in [2.45, 2.75) is 31.7 Å². The van der Waals surface area contributed by atoms with Crippen molar-refractivity contribution < 1.29 is 4.79 Å². The number of amides is 1. The van der Waals surface area contributed by atoms with Crippen molar-refractivity contribution in [2.75, 3.05) is 26.7 Å². The Morgan fingerprint density at radius 2 is 2.19 bits per heavy atom. The molecule has 1 saturated heterocycles. The minimum atomic E-state index is -0.411. The summed E-state index contributed by atoms with van der Waals surface area (Å²) >= 11 is 0. The number of aryl methyl sites for hydroxylation is 1. The monoisotopic (exact) mass is 289 g/mol. The van der Waals surface area contributed by atoms with Crippen LogP contribution in [0.25, 0.3) is 0 Å². The highest BCUT2D eigenvalue weighted by Gasteiger charge is 2.19. The van der Waals surface area contributed by atoms with Crippen LogP contribution in [-0.2, 0) is 11.2 Å². The second-order valence-corrected chi connectivity index (χ2v) is 6.15. The zero-order chi connectivity index (χ0) is 15.1. The highest BCUT2D eigenvalue weighted by molar-refractivity contribution is 5.81. The predicted octanol–water partition coefficient (Wildman–Crippen LogP) is 1.40. The van der Waals surface area contributed by atoms with Crippen LogP contribution in [0.2, 0.25) is 0 Å². The second kappa shape index (κ2) is 8.15. The smallest absolute Gasteiger partial charge is 0.236 e. The summed E-state index contributed by atoms with van der Waals surface area (Å²) in [5, 5.41) is 3.02. The largest absolute Gasteiger partial charge is 0.354 e. The molecule has 0 spiro atoms. The summed E-state index contributed by atoms with van der Waals surface area (Å²) in [6, 6.07) is 9.76. The van der Waals surface area contributed by atoms with Crippen molar-refractivity contribution >= 4 is 5.91 Å². The number of carbonyl (C=O) groups excluding carboxylic acids is 1. The van der Waals surface area contributed by atoms with E-state index in [2.05, 4.69) is 29.4 Å². The Morgan fingerprint density at radius 1 is 1.43 bits per heavy atom. The van der Waals surface area contributed by atoms with Gasteiger partial charge in [0.05, 0.1) is 6.04 Å². The minimum Gasteiger partial charge on any atom is -0.354 e. The van der Waals surface area contributed by atoms with E-state index in [4.69, 9.17) is 5.73 Å². The Balaban J connectivity index is 1.67. The number of hydrogen-bond acceptors (Lipinski definition) is 3. The molecular weight excluding hydrogens is 262 g/mol. The highest BCUT2D eigenvalue weighted by atomic mass is 16.2. The van der Waals surface area contributed by atoms with Gasteiger partial charge in [-0.15, -0.1) is 0 Å². The predicted molar refractivity (Wildman–Crippen MR) is 86.0 cm³/mol. The fourth-order valence-electron chi connectivity index (χ4n) is 2.91. The van der Waals surface area contributed by atoms with Crippen molar-refractivity contribution in [2.24, 2.45) is 11.7 Å². The molecule has 21 heavy (non-hydrogen) atoms. The topological polar surface area (TPSA) is 58.4 Å². The van der Waals surface area contributed by atoms with Crippen molar-refractivity contribution in [3.8, 4) is 0 Å². The van der Waals surface area contributed by atoms with Crippen LogP contribution in [0.3, 0.4) is 0 Å². The van der Waals surface area contributed by atoms with Gasteiger partial charge in [0.2, 0.25) is 5.91 Å². The maximum atomic E-state index is 12.0. The molecular formula is C17H27N3O. The third-order valence-corrected chi connectivity index (χ3v) is 4.21. The number of likely N-dealkylation sites (tertiary alicyclic amines) is 1. The molecule has 1 aliphatic heterocycles. The fraction of sp³-hybridized carbons (Fsp3) is 0.588. The fourth-order valence-corrected chi connectivity index (χ4v) is 2.91. The highest BCUT2D eigenvalue weighted by Crippen LogP contribution is 2.14. The molecule has 1 aromatic rings. The van der Waals surface area contributed by atoms with E-state index in [0.717, 1.165) is 19.5 Å². The lowest BCUT2D eigenvalue weighted by molar-refractivity contribution is -0.122. The molecule has 2 unspecified atom stereocenters. The summed E-state index contributed by atoms with van der Waals surface area (Å²) in [6.07, 6.45) is 3.96. The van der Waals surface area contributed by atoms with Crippen LogP contribution in [0.15, 0.2) is 30.3 Å². The number of carbonyl (C=O) groups is 1. The number of piperidine rings is 1. The van der Waals surface area contributed by atoms with Crippen molar-refractivity contribution in [1.82, 2.24) is 10.2 Å². The molecule has 0 aliphatic carbocycles. The van der Waals surface area contributed by atoms with E-state index in [1.807, 2.05) is 18.2 Å². The molecule has 0 radical (unpaired) electrons. The summed E-state index contributed by atoms with van der Waals surface area (Å²) in [7, 11) is 2.14. The first-order valence-electron chi connectivity index (χ1n) is 7.91. The molecule has 1 aliphatic rings. The van der Waals surface area contributed by atoms with Gasteiger partial charge in [-0.1, -0.05) is 30.3 Å². The Hall–Kier alpha value is -1.39. The summed E-state index contributed by atoms with van der Waals surface area (Å²) < 4.78 is 0. The van der Waals surface area contributed by atoms with Crippen LogP contribution in [0.5, 0.6) is 0 Å². The van der Waals surface area contributed by atoms with Crippen molar-refractivity contribution in [3.63, 3.8) is 0 Å². The Labute approximate surface area is 127 Å². The average Bonchev–Trinajstić information content (AvgIpc) is 2.51. The zero-order valence-electron chi connectivity index (χ0n) is 12.9. The molecule has 2 atom stereocenters. The van der Waals surface area contributed by atoms with Crippen LogP contribution in [0, 0.1) is 5.92 Å². The van der Waals surface area contributed by atoms with Crippen LogP contribution in [-0.4, -0.2) is 43.5 Å². The minimum absolute atomic E-state index is 0.0147. The van der Waals surface area contributed by atoms with Gasteiger partial charge in [0.15, 0.2) is 0 Å². The van der Waals surface area contributed by atoms with E-state index >= 15 is 0 Å². The maximum absolute atomic E-state index is 12.0. The number of rotatable bonds is 6. The Bertz CT molecular complexity index is 435. The third kappa shape index (κ3) is 5.48. The molecule has 0 aromatic heterocycles. The first-order chi connectivity index (χ1) is 10.1. The molecule has 1 aromatic carbocycles. The molecule has 116 valence electrons. The van der Waals surface area contributed by atoms with E-state index in [9.17, 15) is 4.79 Å².